The highest BCUT2D eigenvalue weighted by atomic mass is 19.1. The van der Waals surface area contributed by atoms with Gasteiger partial charge in [0, 0.05) is 49.9 Å². The summed E-state index contributed by atoms with van der Waals surface area (Å²) in [5.74, 6) is 0.220. The summed E-state index contributed by atoms with van der Waals surface area (Å²) in [5.41, 5.74) is 0.926. The molecule has 3 rings (SSSR count). The molecule has 1 N–H and O–H groups in total. The molecule has 1 aromatic carbocycles. The van der Waals surface area contributed by atoms with Gasteiger partial charge in [0.2, 0.25) is 5.91 Å². The van der Waals surface area contributed by atoms with Crippen molar-refractivity contribution < 1.29 is 13.6 Å². The maximum Gasteiger partial charge on any atom is 0.241 e. The Balaban J connectivity index is 1.60. The van der Waals surface area contributed by atoms with Crippen molar-refractivity contribution >= 4 is 17.4 Å². The van der Waals surface area contributed by atoms with Gasteiger partial charge in [0.15, 0.2) is 0 Å². The first-order valence-corrected chi connectivity index (χ1v) is 9.85. The van der Waals surface area contributed by atoms with E-state index in [9.17, 15) is 13.6 Å². The fourth-order valence-corrected chi connectivity index (χ4v) is 3.33. The third-order valence-electron chi connectivity index (χ3n) is 5.13. The Bertz CT molecular complexity index is 881. The Morgan fingerprint density at radius 2 is 1.76 bits per heavy atom. The highest BCUT2D eigenvalue weighted by molar-refractivity contribution is 5.94. The van der Waals surface area contributed by atoms with Crippen molar-refractivity contribution in [3.63, 3.8) is 0 Å². The van der Waals surface area contributed by atoms with Crippen LogP contribution < -0.4 is 10.2 Å². The quantitative estimate of drug-likeness (QED) is 0.830. The maximum atomic E-state index is 13.8. The molecule has 1 aromatic heterocycles. The molecule has 1 aliphatic heterocycles. The first-order valence-electron chi connectivity index (χ1n) is 9.85. The number of aromatic nitrogens is 2. The van der Waals surface area contributed by atoms with Gasteiger partial charge < -0.3 is 10.2 Å². The number of halogens is 2. The normalized spacial score (nSPS) is 16.2. The number of nitrogens with one attached hydrogen (secondary N) is 1. The molecule has 2 aromatic rings. The average Bonchev–Trinajstić information content (AvgIpc) is 2.69. The molecule has 29 heavy (non-hydrogen) atoms. The minimum atomic E-state index is -0.782. The number of nitrogens with zero attached hydrogens (tertiary/aromatic N) is 4. The lowest BCUT2D eigenvalue weighted by atomic mass is 10.2. The van der Waals surface area contributed by atoms with Crippen LogP contribution in [0.25, 0.3) is 0 Å². The van der Waals surface area contributed by atoms with E-state index in [1.54, 1.807) is 6.92 Å². The molecule has 1 aliphatic rings. The van der Waals surface area contributed by atoms with Crippen LogP contribution in [0.15, 0.2) is 24.3 Å². The molecule has 1 saturated heterocycles. The summed E-state index contributed by atoms with van der Waals surface area (Å²) in [7, 11) is 0. The van der Waals surface area contributed by atoms with Gasteiger partial charge in [-0.05, 0) is 26.0 Å². The molecule has 0 unspecified atom stereocenters. The van der Waals surface area contributed by atoms with Crippen molar-refractivity contribution in [3.8, 4) is 0 Å². The number of benzene rings is 1. The second kappa shape index (κ2) is 8.82. The maximum absolute atomic E-state index is 13.8. The molecule has 0 saturated carbocycles. The van der Waals surface area contributed by atoms with Crippen LogP contribution in [-0.4, -0.2) is 53.0 Å². The molecule has 1 atom stereocenters. The monoisotopic (exact) mass is 403 g/mol. The van der Waals surface area contributed by atoms with E-state index >= 15 is 0 Å². The summed E-state index contributed by atoms with van der Waals surface area (Å²) in [4.78, 5) is 25.9. The number of hydrogen-bond donors (Lipinski definition) is 1. The van der Waals surface area contributed by atoms with Crippen LogP contribution in [-0.2, 0) is 4.79 Å². The third-order valence-corrected chi connectivity index (χ3v) is 5.13. The molecule has 0 aliphatic carbocycles. The minimum absolute atomic E-state index is 0.0143. The SMILES string of the molecule is Cc1cc(N2CCN([C@H](C)C(=O)Nc3ccc(F)cc3F)CC2)nc(C(C)C)n1. The molecule has 0 radical (unpaired) electrons. The van der Waals surface area contributed by atoms with E-state index in [4.69, 9.17) is 0 Å². The van der Waals surface area contributed by atoms with Crippen LogP contribution in [0.3, 0.4) is 0 Å². The minimum Gasteiger partial charge on any atom is -0.354 e. The van der Waals surface area contributed by atoms with Crippen molar-refractivity contribution in [3.05, 3.63) is 47.4 Å². The van der Waals surface area contributed by atoms with Gasteiger partial charge in [-0.1, -0.05) is 13.8 Å². The van der Waals surface area contributed by atoms with Gasteiger partial charge in [0.05, 0.1) is 11.7 Å². The largest absolute Gasteiger partial charge is 0.354 e. The number of hydrogen-bond acceptors (Lipinski definition) is 5. The van der Waals surface area contributed by atoms with Crippen LogP contribution in [0, 0.1) is 18.6 Å². The van der Waals surface area contributed by atoms with Gasteiger partial charge in [-0.2, -0.15) is 0 Å². The number of amides is 1. The summed E-state index contributed by atoms with van der Waals surface area (Å²) in [6.07, 6.45) is 0. The van der Waals surface area contributed by atoms with Crippen LogP contribution >= 0.6 is 0 Å². The van der Waals surface area contributed by atoms with E-state index in [1.165, 1.54) is 6.07 Å². The highest BCUT2D eigenvalue weighted by Gasteiger charge is 2.27. The van der Waals surface area contributed by atoms with E-state index in [-0.39, 0.29) is 17.5 Å². The Labute approximate surface area is 169 Å². The number of piperazine rings is 1. The zero-order chi connectivity index (χ0) is 21.1. The lowest BCUT2D eigenvalue weighted by molar-refractivity contribution is -0.120. The average molecular weight is 403 g/mol. The number of anilines is 2. The molecule has 156 valence electrons. The van der Waals surface area contributed by atoms with Crippen molar-refractivity contribution in [2.45, 2.75) is 39.7 Å². The van der Waals surface area contributed by atoms with Crippen molar-refractivity contribution in [1.82, 2.24) is 14.9 Å². The standard InChI is InChI=1S/C21H27F2N5O/c1-13(2)20-24-14(3)11-19(26-20)28-9-7-27(8-10-28)15(4)21(29)25-18-6-5-16(22)12-17(18)23/h5-6,11-13,15H,7-10H2,1-4H3,(H,25,29)/t15-/m1/s1. The molecule has 0 spiro atoms. The fourth-order valence-electron chi connectivity index (χ4n) is 3.33. The number of aryl methyl sites for hydroxylation is 1. The van der Waals surface area contributed by atoms with Gasteiger partial charge in [-0.15, -0.1) is 0 Å². The Hall–Kier alpha value is -2.61. The molecule has 1 fully saturated rings. The summed E-state index contributed by atoms with van der Waals surface area (Å²) in [6.45, 7) is 10.7. The highest BCUT2D eigenvalue weighted by Crippen LogP contribution is 2.20. The number of rotatable bonds is 5. The lowest BCUT2D eigenvalue weighted by Gasteiger charge is -2.38. The predicted molar refractivity (Wildman–Crippen MR) is 109 cm³/mol. The first-order chi connectivity index (χ1) is 13.7. The second-order valence-electron chi connectivity index (χ2n) is 7.69. The number of carbonyl (C=O) groups excluding carboxylic acids is 1. The van der Waals surface area contributed by atoms with Gasteiger partial charge >= 0.3 is 0 Å². The summed E-state index contributed by atoms with van der Waals surface area (Å²) in [5, 5.41) is 2.55. The molecular formula is C21H27F2N5O. The van der Waals surface area contributed by atoms with Gasteiger partial charge in [-0.25, -0.2) is 18.7 Å². The van der Waals surface area contributed by atoms with Crippen molar-refractivity contribution in [1.29, 1.82) is 0 Å². The molecule has 1 amide bonds. The van der Waals surface area contributed by atoms with E-state index < -0.39 is 17.7 Å². The molecule has 2 heterocycles. The summed E-state index contributed by atoms with van der Waals surface area (Å²) in [6, 6.07) is 4.66. The van der Waals surface area contributed by atoms with Crippen LogP contribution in [0.4, 0.5) is 20.3 Å². The fraction of sp³-hybridized carbons (Fsp3) is 0.476. The van der Waals surface area contributed by atoms with E-state index in [0.29, 0.717) is 13.1 Å². The molecule has 6 nitrogen and oxygen atoms in total. The summed E-state index contributed by atoms with van der Waals surface area (Å²) >= 11 is 0. The lowest BCUT2D eigenvalue weighted by Crippen LogP contribution is -2.53. The van der Waals surface area contributed by atoms with E-state index in [2.05, 4.69) is 34.0 Å². The summed E-state index contributed by atoms with van der Waals surface area (Å²) < 4.78 is 26.8. The van der Waals surface area contributed by atoms with Crippen LogP contribution in [0.2, 0.25) is 0 Å². The topological polar surface area (TPSA) is 61.4 Å². The van der Waals surface area contributed by atoms with Crippen LogP contribution in [0.1, 0.15) is 38.2 Å². The first kappa shape index (κ1) is 21.1. The Morgan fingerprint density at radius 3 is 2.38 bits per heavy atom. The third kappa shape index (κ3) is 5.06. The van der Waals surface area contributed by atoms with E-state index in [0.717, 1.165) is 42.6 Å². The number of carbonyl (C=O) groups is 1. The molecule has 8 heteroatoms. The van der Waals surface area contributed by atoms with Gasteiger partial charge in [0.1, 0.15) is 23.3 Å². The van der Waals surface area contributed by atoms with Crippen molar-refractivity contribution in [2.75, 3.05) is 36.4 Å². The Morgan fingerprint density at radius 1 is 1.07 bits per heavy atom. The van der Waals surface area contributed by atoms with E-state index in [1.807, 2.05) is 17.9 Å². The van der Waals surface area contributed by atoms with Gasteiger partial charge in [-0.3, -0.25) is 9.69 Å². The zero-order valence-electron chi connectivity index (χ0n) is 17.2. The Kier molecular flexibility index (Phi) is 6.42. The molecular weight excluding hydrogens is 376 g/mol. The zero-order valence-corrected chi connectivity index (χ0v) is 17.2. The van der Waals surface area contributed by atoms with Gasteiger partial charge in [0.25, 0.3) is 0 Å². The smallest absolute Gasteiger partial charge is 0.241 e. The van der Waals surface area contributed by atoms with Crippen LogP contribution in [0.5, 0.6) is 0 Å². The van der Waals surface area contributed by atoms with Crippen molar-refractivity contribution in [2.24, 2.45) is 0 Å². The predicted octanol–water partition coefficient (Wildman–Crippen LogP) is 3.34. The second-order valence-corrected chi connectivity index (χ2v) is 7.69. The molecule has 0 bridgehead atoms.